The molecule has 3 aromatic carbocycles. The van der Waals surface area contributed by atoms with Crippen molar-refractivity contribution in [1.82, 2.24) is 0 Å². The van der Waals surface area contributed by atoms with Gasteiger partial charge in [-0.05, 0) is 48.7 Å². The fourth-order valence-electron chi connectivity index (χ4n) is 2.24. The lowest BCUT2D eigenvalue weighted by atomic mass is 10.0. The van der Waals surface area contributed by atoms with E-state index in [0.717, 1.165) is 10.8 Å². The third-order valence-electron chi connectivity index (χ3n) is 3.35. The summed E-state index contributed by atoms with van der Waals surface area (Å²) in [6.07, 6.45) is -4.63. The van der Waals surface area contributed by atoms with E-state index in [1.54, 1.807) is 18.2 Å². The smallest absolute Gasteiger partial charge is 0.507 e. The van der Waals surface area contributed by atoms with Gasteiger partial charge in [-0.25, -0.2) is 0 Å². The minimum Gasteiger partial charge on any atom is -0.507 e. The Labute approximate surface area is 153 Å². The van der Waals surface area contributed by atoms with Crippen LogP contribution < -0.4 is 4.74 Å². The molecule has 0 aliphatic carbocycles. The van der Waals surface area contributed by atoms with Crippen molar-refractivity contribution in [3.63, 3.8) is 0 Å². The lowest BCUT2D eigenvalue weighted by Crippen LogP contribution is -2.16. The number of ketones is 1. The zero-order valence-corrected chi connectivity index (χ0v) is 14.5. The van der Waals surface area contributed by atoms with Gasteiger partial charge in [0.15, 0.2) is 5.78 Å². The summed E-state index contributed by atoms with van der Waals surface area (Å²) in [5.74, 6) is -0.00731. The highest BCUT2D eigenvalue weighted by molar-refractivity contribution is 7.80. The number of alkyl halides is 3. The highest BCUT2D eigenvalue weighted by atomic mass is 32.1. The number of halogens is 3. The molecular weight excluding hydrogens is 365 g/mol. The van der Waals surface area contributed by atoms with Crippen molar-refractivity contribution in [3.8, 4) is 11.5 Å². The monoisotopic (exact) mass is 380 g/mol. The molecule has 0 aromatic heterocycles. The average molecular weight is 380 g/mol. The Kier molecular flexibility index (Phi) is 6.15. The number of Topliss-reactive ketones (excluding diaryl/α,β-unsaturated/α-hetero) is 1. The fourth-order valence-corrected chi connectivity index (χ4v) is 2.39. The van der Waals surface area contributed by atoms with Gasteiger partial charge in [0.2, 0.25) is 0 Å². The molecule has 0 radical (unpaired) electrons. The Morgan fingerprint density at radius 1 is 0.962 bits per heavy atom. The molecule has 0 aliphatic rings. The molecule has 1 N–H and O–H groups in total. The Morgan fingerprint density at radius 3 is 2.08 bits per heavy atom. The van der Waals surface area contributed by atoms with Crippen LogP contribution >= 0.6 is 12.6 Å². The van der Waals surface area contributed by atoms with E-state index in [1.807, 2.05) is 18.2 Å². The summed E-state index contributed by atoms with van der Waals surface area (Å²) in [6, 6.07) is 15.8. The molecule has 0 saturated carbocycles. The van der Waals surface area contributed by atoms with Gasteiger partial charge in [-0.15, -0.1) is 25.8 Å². The van der Waals surface area contributed by atoms with Crippen LogP contribution in [-0.2, 0) is 0 Å². The summed E-state index contributed by atoms with van der Waals surface area (Å²) in [6.45, 7) is 1.53. The largest absolute Gasteiger partial charge is 0.573 e. The molecule has 3 rings (SSSR count). The average Bonchev–Trinajstić information content (AvgIpc) is 2.57. The predicted molar refractivity (Wildman–Crippen MR) is 96.0 cm³/mol. The maximum Gasteiger partial charge on any atom is 0.573 e. The Hall–Kier alpha value is -2.67. The van der Waals surface area contributed by atoms with Gasteiger partial charge < -0.3 is 9.84 Å². The molecule has 136 valence electrons. The van der Waals surface area contributed by atoms with Crippen LogP contribution in [0.25, 0.3) is 10.8 Å². The highest BCUT2D eigenvalue weighted by Gasteiger charge is 2.30. The topological polar surface area (TPSA) is 46.5 Å². The molecule has 0 amide bonds. The van der Waals surface area contributed by atoms with Gasteiger partial charge in [-0.1, -0.05) is 24.3 Å². The SMILES string of the molecule is CC(=O)c1ccc(O)c2ccccc12.FC(F)(F)Oc1ccc(S)cc1. The third-order valence-corrected chi connectivity index (χ3v) is 3.65. The van der Waals surface area contributed by atoms with Crippen molar-refractivity contribution in [2.45, 2.75) is 18.2 Å². The minimum atomic E-state index is -4.63. The molecule has 0 spiro atoms. The van der Waals surface area contributed by atoms with Crippen LogP contribution in [0.3, 0.4) is 0 Å². The first kappa shape index (κ1) is 19.7. The van der Waals surface area contributed by atoms with E-state index >= 15 is 0 Å². The summed E-state index contributed by atoms with van der Waals surface area (Å²) in [5.41, 5.74) is 0.651. The van der Waals surface area contributed by atoms with Crippen LogP contribution in [-0.4, -0.2) is 17.3 Å². The zero-order valence-electron chi connectivity index (χ0n) is 13.6. The second-order valence-corrected chi connectivity index (χ2v) is 5.79. The van der Waals surface area contributed by atoms with Crippen molar-refractivity contribution in [2.75, 3.05) is 0 Å². The number of thiol groups is 1. The Bertz CT molecular complexity index is 906. The van der Waals surface area contributed by atoms with Crippen LogP contribution in [0.15, 0.2) is 65.6 Å². The number of hydrogen-bond acceptors (Lipinski definition) is 4. The zero-order chi connectivity index (χ0) is 19.3. The fraction of sp³-hybridized carbons (Fsp3) is 0.105. The summed E-state index contributed by atoms with van der Waals surface area (Å²) in [5, 5.41) is 11.1. The standard InChI is InChI=1S/C12H10O2.C7H5F3OS/c1-8(13)9-6-7-12(14)11-5-3-2-4-10(9)11;8-7(9,10)11-5-1-3-6(12)4-2-5/h2-7,14H,1H3;1-4,12H. The van der Waals surface area contributed by atoms with Crippen LogP contribution in [0.1, 0.15) is 17.3 Å². The minimum absolute atomic E-state index is 0.0150. The maximum atomic E-state index is 11.6. The van der Waals surface area contributed by atoms with Crippen molar-refractivity contribution >= 4 is 29.2 Å². The molecule has 26 heavy (non-hydrogen) atoms. The third kappa shape index (κ3) is 5.42. The van der Waals surface area contributed by atoms with Crippen molar-refractivity contribution in [3.05, 3.63) is 66.2 Å². The van der Waals surface area contributed by atoms with Crippen LogP contribution in [0.5, 0.6) is 11.5 Å². The number of rotatable bonds is 2. The van der Waals surface area contributed by atoms with Crippen molar-refractivity contribution in [1.29, 1.82) is 0 Å². The van der Waals surface area contributed by atoms with Gasteiger partial charge in [0.05, 0.1) is 0 Å². The van der Waals surface area contributed by atoms with Crippen molar-refractivity contribution in [2.24, 2.45) is 0 Å². The van der Waals surface area contributed by atoms with E-state index in [-0.39, 0.29) is 17.3 Å². The molecule has 7 heteroatoms. The number of aromatic hydroxyl groups is 1. The highest BCUT2D eigenvalue weighted by Crippen LogP contribution is 2.27. The Balaban J connectivity index is 0.000000190. The van der Waals surface area contributed by atoms with Crippen molar-refractivity contribution < 1.29 is 27.8 Å². The number of carbonyl (C=O) groups is 1. The first-order valence-corrected chi connectivity index (χ1v) is 7.88. The summed E-state index contributed by atoms with van der Waals surface area (Å²) < 4.78 is 38.4. The van der Waals surface area contributed by atoms with E-state index in [2.05, 4.69) is 17.4 Å². The summed E-state index contributed by atoms with van der Waals surface area (Å²) in [7, 11) is 0. The number of benzene rings is 3. The van der Waals surface area contributed by atoms with Gasteiger partial charge in [0, 0.05) is 15.8 Å². The van der Waals surface area contributed by atoms with Gasteiger partial charge in [0.1, 0.15) is 11.5 Å². The van der Waals surface area contributed by atoms with Crippen LogP contribution in [0, 0.1) is 0 Å². The van der Waals surface area contributed by atoms with Crippen LogP contribution in [0.4, 0.5) is 13.2 Å². The number of ether oxygens (including phenoxy) is 1. The second kappa shape index (κ2) is 8.14. The van der Waals surface area contributed by atoms with E-state index < -0.39 is 6.36 Å². The molecule has 0 heterocycles. The Morgan fingerprint density at radius 2 is 1.54 bits per heavy atom. The van der Waals surface area contributed by atoms with Crippen LogP contribution in [0.2, 0.25) is 0 Å². The predicted octanol–water partition coefficient (Wildman–Crippen LogP) is 5.62. The molecule has 0 unspecified atom stereocenters. The van der Waals surface area contributed by atoms with Gasteiger partial charge in [-0.2, -0.15) is 0 Å². The summed E-state index contributed by atoms with van der Waals surface area (Å²) >= 11 is 3.91. The summed E-state index contributed by atoms with van der Waals surface area (Å²) in [4.78, 5) is 11.9. The molecule has 0 aliphatic heterocycles. The number of phenols is 1. The van der Waals surface area contributed by atoms with E-state index in [9.17, 15) is 23.1 Å². The van der Waals surface area contributed by atoms with E-state index in [1.165, 1.54) is 31.2 Å². The normalized spacial score (nSPS) is 10.8. The van der Waals surface area contributed by atoms with Gasteiger partial charge in [0.25, 0.3) is 0 Å². The molecule has 0 fully saturated rings. The lowest BCUT2D eigenvalue weighted by Gasteiger charge is -2.07. The number of carbonyl (C=O) groups excluding carboxylic acids is 1. The maximum absolute atomic E-state index is 11.6. The molecule has 0 atom stereocenters. The first-order valence-electron chi connectivity index (χ1n) is 7.44. The molecule has 0 bridgehead atoms. The number of hydrogen-bond donors (Lipinski definition) is 2. The van der Waals surface area contributed by atoms with Gasteiger partial charge in [-0.3, -0.25) is 4.79 Å². The number of fused-ring (bicyclic) bond motifs is 1. The van der Waals surface area contributed by atoms with E-state index in [0.29, 0.717) is 10.5 Å². The van der Waals surface area contributed by atoms with Gasteiger partial charge >= 0.3 is 6.36 Å². The first-order chi connectivity index (χ1) is 12.2. The molecule has 3 aromatic rings. The second-order valence-electron chi connectivity index (χ2n) is 5.28. The van der Waals surface area contributed by atoms with E-state index in [4.69, 9.17) is 0 Å². The quantitative estimate of drug-likeness (QED) is 0.448. The lowest BCUT2D eigenvalue weighted by molar-refractivity contribution is -0.274. The molecule has 0 saturated heterocycles. The number of phenolic OH excluding ortho intramolecular Hbond substituents is 1. The molecule has 3 nitrogen and oxygen atoms in total. The molecular formula is C19H15F3O3S.